The summed E-state index contributed by atoms with van der Waals surface area (Å²) < 4.78 is 0.298. The summed E-state index contributed by atoms with van der Waals surface area (Å²) in [6, 6.07) is 0. The van der Waals surface area contributed by atoms with Gasteiger partial charge in [-0.05, 0) is 18.9 Å². The van der Waals surface area contributed by atoms with Crippen molar-refractivity contribution < 1.29 is 5.11 Å². The molecule has 0 aliphatic carbocycles. The highest BCUT2D eigenvalue weighted by atomic mass is 127. The maximum atomic E-state index is 9.37. The van der Waals surface area contributed by atoms with Gasteiger partial charge in [-0.2, -0.15) is 5.11 Å². The van der Waals surface area contributed by atoms with Gasteiger partial charge in [0.25, 0.3) is 0 Å². The molecule has 1 saturated heterocycles. The van der Waals surface area contributed by atoms with E-state index in [2.05, 4.69) is 43.8 Å². The standard InChI is InChI=1S/C9H14IN3O/c10-8-1-2-9(12-11-8)13-5-3-7(14)4-6-13/h2,7-8,14H,1,3-6H2. The summed E-state index contributed by atoms with van der Waals surface area (Å²) in [5, 5.41) is 17.7. The van der Waals surface area contributed by atoms with Crippen LogP contribution >= 0.6 is 22.6 Å². The Bertz CT molecular complexity index is 259. The fraction of sp³-hybridized carbons (Fsp3) is 0.778. The number of halogens is 1. The first-order valence-electron chi connectivity index (χ1n) is 4.94. The highest BCUT2D eigenvalue weighted by Crippen LogP contribution is 2.23. The summed E-state index contributed by atoms with van der Waals surface area (Å²) >= 11 is 2.28. The van der Waals surface area contributed by atoms with Gasteiger partial charge in [0.05, 0.1) is 6.10 Å². The van der Waals surface area contributed by atoms with Crippen molar-refractivity contribution in [1.29, 1.82) is 0 Å². The van der Waals surface area contributed by atoms with Crippen molar-refractivity contribution in [2.45, 2.75) is 29.4 Å². The lowest BCUT2D eigenvalue weighted by molar-refractivity contribution is 0.0957. The van der Waals surface area contributed by atoms with Crippen LogP contribution in [0.4, 0.5) is 0 Å². The van der Waals surface area contributed by atoms with Crippen molar-refractivity contribution in [2.75, 3.05) is 13.1 Å². The van der Waals surface area contributed by atoms with Gasteiger partial charge in [-0.25, -0.2) is 0 Å². The van der Waals surface area contributed by atoms with Crippen LogP contribution in [0, 0.1) is 0 Å². The van der Waals surface area contributed by atoms with E-state index in [1.807, 2.05) is 0 Å². The van der Waals surface area contributed by atoms with Crippen molar-refractivity contribution in [3.05, 3.63) is 11.9 Å². The van der Waals surface area contributed by atoms with E-state index in [4.69, 9.17) is 0 Å². The van der Waals surface area contributed by atoms with Gasteiger partial charge in [0, 0.05) is 19.5 Å². The van der Waals surface area contributed by atoms with Gasteiger partial charge in [-0.3, -0.25) is 0 Å². The zero-order chi connectivity index (χ0) is 9.97. The van der Waals surface area contributed by atoms with E-state index in [1.165, 1.54) is 0 Å². The first-order chi connectivity index (χ1) is 6.75. The molecule has 0 bridgehead atoms. The lowest BCUT2D eigenvalue weighted by Crippen LogP contribution is -2.35. The Balaban J connectivity index is 1.93. The molecule has 1 unspecified atom stereocenters. The Morgan fingerprint density at radius 1 is 1.43 bits per heavy atom. The molecule has 78 valence electrons. The first-order valence-corrected chi connectivity index (χ1v) is 6.18. The molecule has 0 aromatic rings. The molecule has 5 heteroatoms. The zero-order valence-electron chi connectivity index (χ0n) is 7.93. The monoisotopic (exact) mass is 307 g/mol. The van der Waals surface area contributed by atoms with Crippen LogP contribution < -0.4 is 0 Å². The summed E-state index contributed by atoms with van der Waals surface area (Å²) in [7, 11) is 0. The first kappa shape index (κ1) is 10.4. The largest absolute Gasteiger partial charge is 0.393 e. The number of azo groups is 1. The number of hydrogen-bond donors (Lipinski definition) is 1. The Labute approximate surface area is 97.2 Å². The van der Waals surface area contributed by atoms with Crippen molar-refractivity contribution >= 4 is 22.6 Å². The van der Waals surface area contributed by atoms with E-state index in [-0.39, 0.29) is 6.10 Å². The van der Waals surface area contributed by atoms with E-state index in [0.29, 0.717) is 4.05 Å². The van der Waals surface area contributed by atoms with Gasteiger partial charge in [0.2, 0.25) is 0 Å². The highest BCUT2D eigenvalue weighted by molar-refractivity contribution is 14.1. The van der Waals surface area contributed by atoms with Gasteiger partial charge in [-0.1, -0.05) is 22.6 Å². The predicted molar refractivity (Wildman–Crippen MR) is 62.2 cm³/mol. The Hall–Kier alpha value is -0.170. The van der Waals surface area contributed by atoms with E-state index in [9.17, 15) is 5.11 Å². The minimum Gasteiger partial charge on any atom is -0.393 e. The van der Waals surface area contributed by atoms with Gasteiger partial charge >= 0.3 is 0 Å². The van der Waals surface area contributed by atoms with E-state index >= 15 is 0 Å². The maximum absolute atomic E-state index is 9.37. The van der Waals surface area contributed by atoms with Crippen LogP contribution in [0.15, 0.2) is 22.1 Å². The zero-order valence-corrected chi connectivity index (χ0v) is 10.1. The molecule has 0 spiro atoms. The fourth-order valence-electron chi connectivity index (χ4n) is 1.70. The second kappa shape index (κ2) is 4.57. The summed E-state index contributed by atoms with van der Waals surface area (Å²) in [5.41, 5.74) is 0. The normalized spacial score (nSPS) is 29.1. The van der Waals surface area contributed by atoms with Gasteiger partial charge in [0.1, 0.15) is 9.87 Å². The van der Waals surface area contributed by atoms with E-state index in [0.717, 1.165) is 38.2 Å². The molecule has 0 aromatic heterocycles. The molecule has 0 radical (unpaired) electrons. The van der Waals surface area contributed by atoms with Crippen molar-refractivity contribution in [3.63, 3.8) is 0 Å². The van der Waals surface area contributed by atoms with Crippen LogP contribution in [0.1, 0.15) is 19.3 Å². The molecule has 4 nitrogen and oxygen atoms in total. The van der Waals surface area contributed by atoms with Crippen LogP contribution in [0.3, 0.4) is 0 Å². The Morgan fingerprint density at radius 3 is 2.71 bits per heavy atom. The van der Waals surface area contributed by atoms with E-state index < -0.39 is 0 Å². The van der Waals surface area contributed by atoms with Crippen molar-refractivity contribution in [1.82, 2.24) is 4.90 Å². The number of aliphatic hydroxyl groups is 1. The molecule has 2 rings (SSSR count). The van der Waals surface area contributed by atoms with Crippen molar-refractivity contribution in [2.24, 2.45) is 10.2 Å². The number of likely N-dealkylation sites (tertiary alicyclic amines) is 1. The molecule has 2 aliphatic heterocycles. The molecule has 1 atom stereocenters. The smallest absolute Gasteiger partial charge is 0.146 e. The lowest BCUT2D eigenvalue weighted by Gasteiger charge is -2.31. The van der Waals surface area contributed by atoms with Crippen LogP contribution in [0.25, 0.3) is 0 Å². The molecular weight excluding hydrogens is 293 g/mol. The molecule has 0 amide bonds. The maximum Gasteiger partial charge on any atom is 0.146 e. The number of rotatable bonds is 1. The fourth-order valence-corrected chi connectivity index (χ4v) is 2.08. The Morgan fingerprint density at radius 2 is 2.14 bits per heavy atom. The molecule has 0 aromatic carbocycles. The SMILES string of the molecule is OC1CCN(C2=CCC(I)N=N2)CC1. The quantitative estimate of drug-likeness (QED) is 0.457. The molecule has 14 heavy (non-hydrogen) atoms. The molecule has 0 saturated carbocycles. The summed E-state index contributed by atoms with van der Waals surface area (Å²) in [5.74, 6) is 0.991. The summed E-state index contributed by atoms with van der Waals surface area (Å²) in [6.07, 6.45) is 4.69. The number of hydrogen-bond acceptors (Lipinski definition) is 4. The van der Waals surface area contributed by atoms with Gasteiger partial charge < -0.3 is 10.0 Å². The van der Waals surface area contributed by atoms with Crippen LogP contribution in [0.2, 0.25) is 0 Å². The average molecular weight is 307 g/mol. The van der Waals surface area contributed by atoms with Crippen LogP contribution in [-0.2, 0) is 0 Å². The number of nitrogens with zero attached hydrogens (tertiary/aromatic N) is 3. The molecule has 1 N–H and O–H groups in total. The second-order valence-electron chi connectivity index (χ2n) is 3.67. The van der Waals surface area contributed by atoms with Gasteiger partial charge in [-0.15, -0.1) is 5.11 Å². The topological polar surface area (TPSA) is 48.2 Å². The predicted octanol–water partition coefficient (Wildman–Crippen LogP) is 1.90. The lowest BCUT2D eigenvalue weighted by atomic mass is 10.1. The minimum atomic E-state index is -0.121. The van der Waals surface area contributed by atoms with Crippen LogP contribution in [0.5, 0.6) is 0 Å². The summed E-state index contributed by atoms with van der Waals surface area (Å²) in [4.78, 5) is 2.21. The third-order valence-corrected chi connectivity index (χ3v) is 3.33. The molecule has 2 heterocycles. The molecule has 2 aliphatic rings. The number of aliphatic hydroxyl groups excluding tert-OH is 1. The average Bonchev–Trinajstić information content (AvgIpc) is 2.21. The number of alkyl halides is 1. The van der Waals surface area contributed by atoms with Crippen molar-refractivity contribution in [3.8, 4) is 0 Å². The minimum absolute atomic E-state index is 0.121. The highest BCUT2D eigenvalue weighted by Gasteiger charge is 2.20. The van der Waals surface area contributed by atoms with E-state index in [1.54, 1.807) is 0 Å². The number of piperidine rings is 1. The van der Waals surface area contributed by atoms with Gasteiger partial charge in [0.15, 0.2) is 0 Å². The third kappa shape index (κ3) is 2.44. The molecule has 1 fully saturated rings. The molecular formula is C9H14IN3O. The summed E-state index contributed by atoms with van der Waals surface area (Å²) in [6.45, 7) is 1.80. The van der Waals surface area contributed by atoms with Crippen LogP contribution in [-0.4, -0.2) is 33.2 Å². The third-order valence-electron chi connectivity index (χ3n) is 2.57. The Kier molecular flexibility index (Phi) is 3.38. The second-order valence-corrected chi connectivity index (χ2v) is 5.10.